The van der Waals surface area contributed by atoms with Crippen LogP contribution in [0.2, 0.25) is 0 Å². The smallest absolute Gasteiger partial charge is 0.217 e. The minimum atomic E-state index is -0.0837. The van der Waals surface area contributed by atoms with Crippen LogP contribution in [0.5, 0.6) is 5.88 Å². The first-order valence-electron chi connectivity index (χ1n) is 4.30. The number of ether oxygens (including phenoxy) is 1. The van der Waals surface area contributed by atoms with Gasteiger partial charge in [0.2, 0.25) is 5.88 Å². The van der Waals surface area contributed by atoms with Crippen LogP contribution in [0.25, 0.3) is 0 Å². The highest BCUT2D eigenvalue weighted by Crippen LogP contribution is 2.49. The minimum Gasteiger partial charge on any atom is -0.481 e. The Bertz CT molecular complexity index is 361. The number of aromatic nitrogens is 1. The van der Waals surface area contributed by atoms with E-state index in [9.17, 15) is 0 Å². The van der Waals surface area contributed by atoms with Crippen molar-refractivity contribution in [2.45, 2.75) is 18.3 Å². The molecule has 66 valence electrons. The van der Waals surface area contributed by atoms with Gasteiger partial charge in [-0.05, 0) is 18.9 Å². The van der Waals surface area contributed by atoms with E-state index in [1.165, 1.54) is 0 Å². The molecule has 0 N–H and O–H groups in total. The molecule has 1 fully saturated rings. The second-order valence-corrected chi connectivity index (χ2v) is 3.29. The molecule has 0 bridgehead atoms. The van der Waals surface area contributed by atoms with Crippen LogP contribution < -0.4 is 4.74 Å². The van der Waals surface area contributed by atoms with Crippen molar-refractivity contribution in [3.05, 3.63) is 23.9 Å². The number of nitrogens with zero attached hydrogens (tertiary/aromatic N) is 1. The van der Waals surface area contributed by atoms with Gasteiger partial charge in [-0.25, -0.2) is 4.98 Å². The van der Waals surface area contributed by atoms with Crippen molar-refractivity contribution in [2.24, 2.45) is 0 Å². The Morgan fingerprint density at radius 3 is 2.92 bits per heavy atom. The lowest BCUT2D eigenvalue weighted by molar-refractivity contribution is 0.390. The van der Waals surface area contributed by atoms with Crippen molar-refractivity contribution in [3.63, 3.8) is 0 Å². The average molecular weight is 173 g/mol. The van der Waals surface area contributed by atoms with Crippen LogP contribution in [0.15, 0.2) is 18.3 Å². The number of terminal acetylenes is 1. The molecule has 1 aliphatic rings. The van der Waals surface area contributed by atoms with Crippen LogP contribution in [-0.2, 0) is 5.41 Å². The molecule has 0 atom stereocenters. The molecule has 1 aromatic heterocycles. The van der Waals surface area contributed by atoms with Crippen molar-refractivity contribution in [1.29, 1.82) is 0 Å². The van der Waals surface area contributed by atoms with Gasteiger partial charge in [-0.2, -0.15) is 0 Å². The fourth-order valence-electron chi connectivity index (χ4n) is 1.53. The van der Waals surface area contributed by atoms with Crippen LogP contribution in [0.4, 0.5) is 0 Å². The summed E-state index contributed by atoms with van der Waals surface area (Å²) < 4.78 is 5.17. The molecule has 0 saturated heterocycles. The van der Waals surface area contributed by atoms with Crippen LogP contribution in [0.3, 0.4) is 0 Å². The van der Waals surface area contributed by atoms with Gasteiger partial charge < -0.3 is 4.74 Å². The summed E-state index contributed by atoms with van der Waals surface area (Å²) in [6.07, 6.45) is 9.30. The molecule has 1 aliphatic carbocycles. The summed E-state index contributed by atoms with van der Waals surface area (Å²) in [4.78, 5) is 4.13. The predicted molar refractivity (Wildman–Crippen MR) is 50.5 cm³/mol. The Hall–Kier alpha value is -1.49. The largest absolute Gasteiger partial charge is 0.481 e. The van der Waals surface area contributed by atoms with Gasteiger partial charge in [0, 0.05) is 11.8 Å². The topological polar surface area (TPSA) is 22.1 Å². The maximum atomic E-state index is 5.49. The van der Waals surface area contributed by atoms with Crippen LogP contribution in [0.1, 0.15) is 18.4 Å². The van der Waals surface area contributed by atoms with Crippen LogP contribution >= 0.6 is 0 Å². The third-order valence-electron chi connectivity index (χ3n) is 2.51. The SMILES string of the molecule is C#CC1(c2cccnc2OC)CC1. The van der Waals surface area contributed by atoms with Gasteiger partial charge in [0.15, 0.2) is 0 Å². The first-order chi connectivity index (χ1) is 6.32. The van der Waals surface area contributed by atoms with Crippen LogP contribution in [0, 0.1) is 12.3 Å². The summed E-state index contributed by atoms with van der Waals surface area (Å²) in [6, 6.07) is 3.90. The predicted octanol–water partition coefficient (Wildman–Crippen LogP) is 1.75. The normalized spacial score (nSPS) is 17.5. The lowest BCUT2D eigenvalue weighted by atomic mass is 9.98. The van der Waals surface area contributed by atoms with Gasteiger partial charge in [0.05, 0.1) is 12.5 Å². The average Bonchev–Trinajstić information content (AvgIpc) is 2.98. The summed E-state index contributed by atoms with van der Waals surface area (Å²) in [5.41, 5.74) is 0.972. The van der Waals surface area contributed by atoms with Crippen molar-refractivity contribution < 1.29 is 4.74 Å². The third kappa shape index (κ3) is 1.17. The Balaban J connectivity index is 2.46. The van der Waals surface area contributed by atoms with E-state index >= 15 is 0 Å². The first-order valence-corrected chi connectivity index (χ1v) is 4.30. The van der Waals surface area contributed by atoms with Gasteiger partial charge in [0.25, 0.3) is 0 Å². The van der Waals surface area contributed by atoms with Crippen molar-refractivity contribution >= 4 is 0 Å². The summed E-state index contributed by atoms with van der Waals surface area (Å²) in [6.45, 7) is 0. The Morgan fingerprint density at radius 2 is 2.38 bits per heavy atom. The molecule has 1 heterocycles. The van der Waals surface area contributed by atoms with E-state index in [0.717, 1.165) is 18.4 Å². The van der Waals surface area contributed by atoms with Gasteiger partial charge in [-0.1, -0.05) is 12.0 Å². The number of rotatable bonds is 2. The summed E-state index contributed by atoms with van der Waals surface area (Å²) in [5, 5.41) is 0. The Labute approximate surface area is 77.9 Å². The van der Waals surface area contributed by atoms with Crippen molar-refractivity contribution in [1.82, 2.24) is 4.98 Å². The molecular formula is C11H11NO. The zero-order valence-electron chi connectivity index (χ0n) is 7.58. The van der Waals surface area contributed by atoms with Gasteiger partial charge in [0.1, 0.15) is 0 Å². The highest BCUT2D eigenvalue weighted by Gasteiger charge is 2.44. The first kappa shape index (κ1) is 8.12. The maximum Gasteiger partial charge on any atom is 0.217 e. The standard InChI is InChI=1S/C11H11NO/c1-3-11(6-7-11)9-5-4-8-12-10(9)13-2/h1,4-5,8H,6-7H2,2H3. The highest BCUT2D eigenvalue weighted by molar-refractivity contribution is 5.45. The molecule has 1 saturated carbocycles. The second kappa shape index (κ2) is 2.77. The fourth-order valence-corrected chi connectivity index (χ4v) is 1.53. The second-order valence-electron chi connectivity index (χ2n) is 3.29. The zero-order chi connectivity index (χ0) is 9.31. The summed E-state index contributed by atoms with van der Waals surface area (Å²) in [7, 11) is 1.62. The lowest BCUT2D eigenvalue weighted by Crippen LogP contribution is -2.06. The van der Waals surface area contributed by atoms with Crippen LogP contribution in [-0.4, -0.2) is 12.1 Å². The van der Waals surface area contributed by atoms with Gasteiger partial charge in [-0.15, -0.1) is 6.42 Å². The molecule has 0 amide bonds. The van der Waals surface area contributed by atoms with E-state index in [-0.39, 0.29) is 5.41 Å². The van der Waals surface area contributed by atoms with E-state index in [2.05, 4.69) is 10.9 Å². The van der Waals surface area contributed by atoms with Gasteiger partial charge >= 0.3 is 0 Å². The van der Waals surface area contributed by atoms with E-state index in [1.54, 1.807) is 13.3 Å². The molecule has 0 aromatic carbocycles. The van der Waals surface area contributed by atoms with E-state index in [1.807, 2.05) is 12.1 Å². The van der Waals surface area contributed by atoms with E-state index < -0.39 is 0 Å². The van der Waals surface area contributed by atoms with Crippen molar-refractivity contribution in [3.8, 4) is 18.2 Å². The maximum absolute atomic E-state index is 5.49. The fraction of sp³-hybridized carbons (Fsp3) is 0.364. The van der Waals surface area contributed by atoms with Crippen molar-refractivity contribution in [2.75, 3.05) is 7.11 Å². The molecular weight excluding hydrogens is 162 g/mol. The number of hydrogen-bond acceptors (Lipinski definition) is 2. The Morgan fingerprint density at radius 1 is 1.62 bits per heavy atom. The zero-order valence-corrected chi connectivity index (χ0v) is 7.58. The Kier molecular flexibility index (Phi) is 1.73. The number of methoxy groups -OCH3 is 1. The molecule has 0 radical (unpaired) electrons. The summed E-state index contributed by atoms with van der Waals surface area (Å²) in [5.74, 6) is 3.49. The molecule has 0 spiro atoms. The molecule has 2 nitrogen and oxygen atoms in total. The molecule has 13 heavy (non-hydrogen) atoms. The quantitative estimate of drug-likeness (QED) is 0.636. The van der Waals surface area contributed by atoms with E-state index in [4.69, 9.17) is 11.2 Å². The molecule has 0 unspecified atom stereocenters. The minimum absolute atomic E-state index is 0.0837. The summed E-state index contributed by atoms with van der Waals surface area (Å²) >= 11 is 0. The number of hydrogen-bond donors (Lipinski definition) is 0. The number of pyridine rings is 1. The molecule has 0 aliphatic heterocycles. The monoisotopic (exact) mass is 173 g/mol. The molecule has 2 rings (SSSR count). The highest BCUT2D eigenvalue weighted by atomic mass is 16.5. The molecule has 2 heteroatoms. The molecule has 1 aromatic rings. The van der Waals surface area contributed by atoms with E-state index in [0.29, 0.717) is 5.88 Å². The lowest BCUT2D eigenvalue weighted by Gasteiger charge is -2.11. The van der Waals surface area contributed by atoms with Gasteiger partial charge in [-0.3, -0.25) is 0 Å². The third-order valence-corrected chi connectivity index (χ3v) is 2.51.